The van der Waals surface area contributed by atoms with E-state index in [9.17, 15) is 4.79 Å². The lowest BCUT2D eigenvalue weighted by molar-refractivity contribution is 0.0954. The van der Waals surface area contributed by atoms with Crippen molar-refractivity contribution in [3.05, 3.63) is 29.3 Å². The molecule has 1 amide bonds. The van der Waals surface area contributed by atoms with Crippen LogP contribution in [0.5, 0.6) is 0 Å². The first-order valence-electron chi connectivity index (χ1n) is 6.75. The fourth-order valence-corrected chi connectivity index (χ4v) is 1.91. The molecule has 0 aliphatic heterocycles. The molecule has 0 heterocycles. The molecule has 0 spiro atoms. The molecule has 1 aromatic carbocycles. The van der Waals surface area contributed by atoms with Crippen LogP contribution in [0.4, 0.5) is 5.69 Å². The van der Waals surface area contributed by atoms with Crippen LogP contribution in [0.15, 0.2) is 18.2 Å². The number of aryl methyl sites for hydroxylation is 1. The Morgan fingerprint density at radius 3 is 2.67 bits per heavy atom. The zero-order valence-electron chi connectivity index (χ0n) is 11.7. The van der Waals surface area contributed by atoms with Crippen LogP contribution in [0.2, 0.25) is 0 Å². The largest absolute Gasteiger partial charge is 0.387 e. The number of carbonyl (C=O) groups is 1. The maximum atomic E-state index is 12.0. The monoisotopic (exact) mass is 248 g/mol. The van der Waals surface area contributed by atoms with E-state index in [1.807, 2.05) is 32.2 Å². The summed E-state index contributed by atoms with van der Waals surface area (Å²) in [6.07, 6.45) is 4.70. The molecule has 3 heteroatoms. The Balaban J connectivity index is 2.51. The lowest BCUT2D eigenvalue weighted by Crippen LogP contribution is -2.25. The van der Waals surface area contributed by atoms with Crippen molar-refractivity contribution in [3.8, 4) is 0 Å². The van der Waals surface area contributed by atoms with Crippen LogP contribution in [-0.2, 0) is 0 Å². The number of nitrogens with one attached hydrogen (secondary N) is 2. The van der Waals surface area contributed by atoms with Gasteiger partial charge in [0, 0.05) is 19.3 Å². The zero-order chi connectivity index (χ0) is 13.4. The van der Waals surface area contributed by atoms with Crippen LogP contribution in [0.3, 0.4) is 0 Å². The third kappa shape index (κ3) is 4.40. The van der Waals surface area contributed by atoms with Gasteiger partial charge in [0.2, 0.25) is 0 Å². The van der Waals surface area contributed by atoms with Crippen LogP contribution in [0.25, 0.3) is 0 Å². The van der Waals surface area contributed by atoms with E-state index in [-0.39, 0.29) is 5.91 Å². The highest BCUT2D eigenvalue weighted by molar-refractivity contribution is 5.99. The Bertz CT molecular complexity index is 388. The van der Waals surface area contributed by atoms with Crippen molar-refractivity contribution in [3.63, 3.8) is 0 Å². The minimum Gasteiger partial charge on any atom is -0.387 e. The number of rotatable bonds is 7. The first-order valence-corrected chi connectivity index (χ1v) is 6.75. The van der Waals surface area contributed by atoms with Crippen molar-refractivity contribution >= 4 is 11.6 Å². The molecule has 0 atom stereocenters. The quantitative estimate of drug-likeness (QED) is 0.727. The van der Waals surface area contributed by atoms with Crippen LogP contribution in [0.1, 0.15) is 48.5 Å². The topological polar surface area (TPSA) is 41.1 Å². The molecule has 18 heavy (non-hydrogen) atoms. The molecule has 1 aromatic rings. The van der Waals surface area contributed by atoms with Gasteiger partial charge in [0.15, 0.2) is 0 Å². The van der Waals surface area contributed by atoms with E-state index in [0.717, 1.165) is 29.8 Å². The summed E-state index contributed by atoms with van der Waals surface area (Å²) in [7, 11) is 1.84. The lowest BCUT2D eigenvalue weighted by Gasteiger charge is -2.10. The number of benzene rings is 1. The standard InChI is InChI=1S/C15H24N2O/c1-4-5-6-7-10-17-15(18)13-9-8-12(2)11-14(13)16-3/h8-9,11,16H,4-7,10H2,1-3H3,(H,17,18). The number of hydrogen-bond acceptors (Lipinski definition) is 2. The highest BCUT2D eigenvalue weighted by Crippen LogP contribution is 2.16. The zero-order valence-corrected chi connectivity index (χ0v) is 11.7. The fraction of sp³-hybridized carbons (Fsp3) is 0.533. The third-order valence-corrected chi connectivity index (χ3v) is 3.00. The van der Waals surface area contributed by atoms with Gasteiger partial charge in [0.25, 0.3) is 5.91 Å². The summed E-state index contributed by atoms with van der Waals surface area (Å²) in [5.74, 6) is 0.0100. The molecule has 1 rings (SSSR count). The average molecular weight is 248 g/mol. The van der Waals surface area contributed by atoms with Gasteiger partial charge in [-0.15, -0.1) is 0 Å². The second-order valence-electron chi connectivity index (χ2n) is 4.62. The minimum absolute atomic E-state index is 0.0100. The molecular weight excluding hydrogens is 224 g/mol. The molecule has 0 fully saturated rings. The Morgan fingerprint density at radius 1 is 1.22 bits per heavy atom. The second-order valence-corrected chi connectivity index (χ2v) is 4.62. The maximum absolute atomic E-state index is 12.0. The Hall–Kier alpha value is -1.51. The van der Waals surface area contributed by atoms with E-state index in [2.05, 4.69) is 17.6 Å². The van der Waals surface area contributed by atoms with Gasteiger partial charge in [-0.2, -0.15) is 0 Å². The predicted molar refractivity (Wildman–Crippen MR) is 77.2 cm³/mol. The number of carbonyl (C=O) groups excluding carboxylic acids is 1. The van der Waals surface area contributed by atoms with Crippen molar-refractivity contribution < 1.29 is 4.79 Å². The van der Waals surface area contributed by atoms with Gasteiger partial charge in [-0.1, -0.05) is 32.3 Å². The maximum Gasteiger partial charge on any atom is 0.253 e. The van der Waals surface area contributed by atoms with Crippen molar-refractivity contribution in [2.75, 3.05) is 18.9 Å². The normalized spacial score (nSPS) is 10.2. The summed E-state index contributed by atoms with van der Waals surface area (Å²) in [6, 6.07) is 5.83. The van der Waals surface area contributed by atoms with E-state index in [0.29, 0.717) is 0 Å². The molecule has 100 valence electrons. The molecule has 0 aliphatic carbocycles. The Kier molecular flexibility index (Phi) is 6.26. The smallest absolute Gasteiger partial charge is 0.253 e. The van der Waals surface area contributed by atoms with Gasteiger partial charge in [0.05, 0.1) is 5.56 Å². The van der Waals surface area contributed by atoms with Gasteiger partial charge >= 0.3 is 0 Å². The summed E-state index contributed by atoms with van der Waals surface area (Å²) in [5, 5.41) is 6.04. The Morgan fingerprint density at radius 2 is 2.00 bits per heavy atom. The first-order chi connectivity index (χ1) is 8.69. The summed E-state index contributed by atoms with van der Waals surface area (Å²) in [4.78, 5) is 12.0. The van der Waals surface area contributed by atoms with E-state index in [4.69, 9.17) is 0 Å². The highest BCUT2D eigenvalue weighted by Gasteiger charge is 2.09. The molecule has 2 N–H and O–H groups in total. The molecule has 0 aliphatic rings. The van der Waals surface area contributed by atoms with Crippen molar-refractivity contribution in [2.45, 2.75) is 39.5 Å². The number of amides is 1. The van der Waals surface area contributed by atoms with E-state index in [1.165, 1.54) is 19.3 Å². The number of anilines is 1. The van der Waals surface area contributed by atoms with E-state index >= 15 is 0 Å². The third-order valence-electron chi connectivity index (χ3n) is 3.00. The second kappa shape index (κ2) is 7.75. The van der Waals surface area contributed by atoms with Crippen molar-refractivity contribution in [1.82, 2.24) is 5.32 Å². The number of hydrogen-bond donors (Lipinski definition) is 2. The highest BCUT2D eigenvalue weighted by atomic mass is 16.1. The molecule has 0 aromatic heterocycles. The van der Waals surface area contributed by atoms with E-state index in [1.54, 1.807) is 0 Å². The van der Waals surface area contributed by atoms with Crippen LogP contribution < -0.4 is 10.6 Å². The number of unbranched alkanes of at least 4 members (excludes halogenated alkanes) is 3. The summed E-state index contributed by atoms with van der Waals surface area (Å²) in [6.45, 7) is 4.97. The van der Waals surface area contributed by atoms with Gasteiger partial charge in [-0.3, -0.25) is 4.79 Å². The van der Waals surface area contributed by atoms with Gasteiger partial charge in [0.1, 0.15) is 0 Å². The SMILES string of the molecule is CCCCCCNC(=O)c1ccc(C)cc1NC. The Labute approximate surface area is 110 Å². The summed E-state index contributed by atoms with van der Waals surface area (Å²) >= 11 is 0. The molecule has 0 unspecified atom stereocenters. The predicted octanol–water partition coefficient (Wildman–Crippen LogP) is 3.35. The minimum atomic E-state index is 0.0100. The van der Waals surface area contributed by atoms with Crippen molar-refractivity contribution in [1.29, 1.82) is 0 Å². The van der Waals surface area contributed by atoms with Gasteiger partial charge < -0.3 is 10.6 Å². The average Bonchev–Trinajstić information content (AvgIpc) is 2.38. The van der Waals surface area contributed by atoms with Crippen LogP contribution >= 0.6 is 0 Å². The molecule has 0 saturated carbocycles. The lowest BCUT2D eigenvalue weighted by atomic mass is 10.1. The first kappa shape index (κ1) is 14.6. The van der Waals surface area contributed by atoms with Gasteiger partial charge in [-0.05, 0) is 31.0 Å². The van der Waals surface area contributed by atoms with Crippen molar-refractivity contribution in [2.24, 2.45) is 0 Å². The van der Waals surface area contributed by atoms with Gasteiger partial charge in [-0.25, -0.2) is 0 Å². The molecule has 0 saturated heterocycles. The van der Waals surface area contributed by atoms with E-state index < -0.39 is 0 Å². The molecule has 0 bridgehead atoms. The van der Waals surface area contributed by atoms with Crippen LogP contribution in [0, 0.1) is 6.92 Å². The molecular formula is C15H24N2O. The van der Waals surface area contributed by atoms with Crippen LogP contribution in [-0.4, -0.2) is 19.5 Å². The molecule has 3 nitrogen and oxygen atoms in total. The molecule has 0 radical (unpaired) electrons. The summed E-state index contributed by atoms with van der Waals surface area (Å²) < 4.78 is 0. The fourth-order valence-electron chi connectivity index (χ4n) is 1.91. The summed E-state index contributed by atoms with van der Waals surface area (Å²) in [5.41, 5.74) is 2.76.